The molecule has 0 aromatic carbocycles. The molecule has 0 aliphatic carbocycles. The lowest BCUT2D eigenvalue weighted by Crippen LogP contribution is -2.47. The summed E-state index contributed by atoms with van der Waals surface area (Å²) in [6.07, 6.45) is 2.09. The van der Waals surface area contributed by atoms with Crippen molar-refractivity contribution in [1.82, 2.24) is 15.2 Å². The van der Waals surface area contributed by atoms with Gasteiger partial charge in [-0.15, -0.1) is 12.4 Å². The van der Waals surface area contributed by atoms with Crippen molar-refractivity contribution in [3.63, 3.8) is 0 Å². The Morgan fingerprint density at radius 3 is 3.00 bits per heavy atom. The van der Waals surface area contributed by atoms with Crippen LogP contribution in [0, 0.1) is 11.7 Å². The molecule has 21 heavy (non-hydrogen) atoms. The predicted octanol–water partition coefficient (Wildman–Crippen LogP) is 1.48. The van der Waals surface area contributed by atoms with Gasteiger partial charge in [-0.05, 0) is 31.4 Å². The average molecular weight is 316 g/mol. The zero-order chi connectivity index (χ0) is 14.1. The van der Waals surface area contributed by atoms with Gasteiger partial charge < -0.3 is 15.0 Å². The molecule has 3 aliphatic rings. The van der Waals surface area contributed by atoms with E-state index in [-0.39, 0.29) is 35.9 Å². The average Bonchev–Trinajstić information content (AvgIpc) is 2.82. The standard InChI is InChI=1S/C14H18FN3O2.ClH/c1-20-12-5-4-11(15)13(17-12)14(19)18-8-9-2-3-10(18)7-16-6-9;/h4-5,9-10,16H,2-3,6-8H2,1H3;1H. The SMILES string of the molecule is COc1ccc(F)c(C(=O)N2CC3CCC2CNC3)n1.Cl. The molecule has 1 aromatic rings. The van der Waals surface area contributed by atoms with E-state index < -0.39 is 5.82 Å². The number of carbonyl (C=O) groups is 1. The molecule has 0 radical (unpaired) electrons. The van der Waals surface area contributed by atoms with Crippen LogP contribution in [0.5, 0.6) is 5.88 Å². The number of rotatable bonds is 2. The molecule has 1 aromatic heterocycles. The van der Waals surface area contributed by atoms with Crippen LogP contribution in [0.1, 0.15) is 23.3 Å². The number of methoxy groups -OCH3 is 1. The number of amides is 1. The van der Waals surface area contributed by atoms with E-state index in [9.17, 15) is 9.18 Å². The molecule has 2 bridgehead atoms. The van der Waals surface area contributed by atoms with Crippen LogP contribution >= 0.6 is 12.4 Å². The number of nitrogens with zero attached hydrogens (tertiary/aromatic N) is 2. The van der Waals surface area contributed by atoms with Crippen LogP contribution in [0.2, 0.25) is 0 Å². The second kappa shape index (κ2) is 6.58. The van der Waals surface area contributed by atoms with E-state index in [0.717, 1.165) is 25.9 Å². The zero-order valence-corrected chi connectivity index (χ0v) is 12.7. The smallest absolute Gasteiger partial charge is 0.275 e. The van der Waals surface area contributed by atoms with Crippen molar-refractivity contribution in [2.75, 3.05) is 26.7 Å². The molecule has 116 valence electrons. The van der Waals surface area contributed by atoms with E-state index >= 15 is 0 Å². The van der Waals surface area contributed by atoms with E-state index in [4.69, 9.17) is 4.74 Å². The molecule has 2 unspecified atom stereocenters. The lowest BCUT2D eigenvalue weighted by Gasteiger charge is -2.35. The van der Waals surface area contributed by atoms with Crippen LogP contribution in [0.25, 0.3) is 0 Å². The van der Waals surface area contributed by atoms with E-state index in [1.54, 1.807) is 4.90 Å². The third-order valence-corrected chi connectivity index (χ3v) is 4.11. The largest absolute Gasteiger partial charge is 0.481 e. The summed E-state index contributed by atoms with van der Waals surface area (Å²) >= 11 is 0. The van der Waals surface area contributed by atoms with Crippen LogP contribution in [0.15, 0.2) is 12.1 Å². The fourth-order valence-electron chi connectivity index (χ4n) is 3.01. The van der Waals surface area contributed by atoms with Gasteiger partial charge in [0.2, 0.25) is 5.88 Å². The van der Waals surface area contributed by atoms with Gasteiger partial charge in [0.25, 0.3) is 5.91 Å². The fourth-order valence-corrected chi connectivity index (χ4v) is 3.01. The minimum atomic E-state index is -0.594. The van der Waals surface area contributed by atoms with Crippen molar-refractivity contribution in [3.05, 3.63) is 23.6 Å². The van der Waals surface area contributed by atoms with Gasteiger partial charge in [-0.3, -0.25) is 4.79 Å². The minimum absolute atomic E-state index is 0. The topological polar surface area (TPSA) is 54.5 Å². The maximum Gasteiger partial charge on any atom is 0.275 e. The summed E-state index contributed by atoms with van der Waals surface area (Å²) in [6.45, 7) is 2.37. The number of fused-ring (bicyclic) bond motifs is 4. The van der Waals surface area contributed by atoms with E-state index in [2.05, 4.69) is 10.3 Å². The molecule has 5 nitrogen and oxygen atoms in total. The Morgan fingerprint density at radius 2 is 2.24 bits per heavy atom. The highest BCUT2D eigenvalue weighted by Crippen LogP contribution is 2.26. The van der Waals surface area contributed by atoms with Gasteiger partial charge in [0.15, 0.2) is 11.5 Å². The maximum atomic E-state index is 13.9. The fraction of sp³-hybridized carbons (Fsp3) is 0.571. The van der Waals surface area contributed by atoms with Crippen LogP contribution in [0.4, 0.5) is 4.39 Å². The number of hydrogen-bond acceptors (Lipinski definition) is 4. The molecule has 1 N–H and O–H groups in total. The first-order valence-electron chi connectivity index (χ1n) is 6.91. The van der Waals surface area contributed by atoms with Crippen LogP contribution in [-0.2, 0) is 0 Å². The Kier molecular flexibility index (Phi) is 5.00. The first-order chi connectivity index (χ1) is 9.69. The van der Waals surface area contributed by atoms with Gasteiger partial charge in [-0.2, -0.15) is 0 Å². The van der Waals surface area contributed by atoms with E-state index in [1.165, 1.54) is 19.2 Å². The molecule has 0 saturated carbocycles. The molecule has 3 saturated heterocycles. The minimum Gasteiger partial charge on any atom is -0.481 e. The molecule has 4 rings (SSSR count). The maximum absolute atomic E-state index is 13.9. The first-order valence-corrected chi connectivity index (χ1v) is 6.91. The monoisotopic (exact) mass is 315 g/mol. The molecule has 0 spiro atoms. The number of hydrogen-bond donors (Lipinski definition) is 1. The lowest BCUT2D eigenvalue weighted by molar-refractivity contribution is 0.0579. The molecule has 7 heteroatoms. The van der Waals surface area contributed by atoms with Gasteiger partial charge in [-0.25, -0.2) is 9.37 Å². The second-order valence-electron chi connectivity index (χ2n) is 5.40. The van der Waals surface area contributed by atoms with Crippen molar-refractivity contribution in [1.29, 1.82) is 0 Å². The summed E-state index contributed by atoms with van der Waals surface area (Å²) in [5.41, 5.74) is -0.142. The summed E-state index contributed by atoms with van der Waals surface area (Å²) in [4.78, 5) is 18.3. The summed E-state index contributed by atoms with van der Waals surface area (Å²) in [6, 6.07) is 2.78. The quantitative estimate of drug-likeness (QED) is 0.898. The summed E-state index contributed by atoms with van der Waals surface area (Å²) in [5, 5.41) is 3.35. The van der Waals surface area contributed by atoms with Crippen LogP contribution < -0.4 is 10.1 Å². The highest BCUT2D eigenvalue weighted by Gasteiger charge is 2.35. The van der Waals surface area contributed by atoms with Crippen molar-refractivity contribution in [3.8, 4) is 5.88 Å². The van der Waals surface area contributed by atoms with Crippen molar-refractivity contribution in [2.45, 2.75) is 18.9 Å². The van der Waals surface area contributed by atoms with Gasteiger partial charge in [0.05, 0.1) is 7.11 Å². The van der Waals surface area contributed by atoms with Gasteiger partial charge in [0, 0.05) is 25.2 Å². The number of piperidine rings is 1. The molecule has 4 heterocycles. The second-order valence-corrected chi connectivity index (χ2v) is 5.40. The zero-order valence-electron chi connectivity index (χ0n) is 11.8. The van der Waals surface area contributed by atoms with E-state index in [0.29, 0.717) is 12.5 Å². The normalized spacial score (nSPS) is 24.2. The number of aromatic nitrogens is 1. The highest BCUT2D eigenvalue weighted by atomic mass is 35.5. The van der Waals surface area contributed by atoms with Crippen molar-refractivity contribution < 1.29 is 13.9 Å². The Morgan fingerprint density at radius 1 is 1.43 bits per heavy atom. The summed E-state index contributed by atoms with van der Waals surface area (Å²) in [7, 11) is 1.45. The van der Waals surface area contributed by atoms with Gasteiger partial charge in [0.1, 0.15) is 0 Å². The van der Waals surface area contributed by atoms with Gasteiger partial charge >= 0.3 is 0 Å². The summed E-state index contributed by atoms with van der Waals surface area (Å²) < 4.78 is 18.8. The van der Waals surface area contributed by atoms with Crippen LogP contribution in [0.3, 0.4) is 0 Å². The predicted molar refractivity (Wildman–Crippen MR) is 78.4 cm³/mol. The third kappa shape index (κ3) is 3.11. The Balaban J connectivity index is 0.00000161. The molecule has 2 atom stereocenters. The van der Waals surface area contributed by atoms with Crippen LogP contribution in [-0.4, -0.2) is 48.6 Å². The molecule has 1 amide bonds. The third-order valence-electron chi connectivity index (χ3n) is 4.11. The molecule has 3 fully saturated rings. The summed E-state index contributed by atoms with van der Waals surface area (Å²) in [5.74, 6) is -0.220. The Labute approximate surface area is 129 Å². The Bertz CT molecular complexity index is 525. The van der Waals surface area contributed by atoms with E-state index in [1.807, 2.05) is 0 Å². The number of halogens is 2. The van der Waals surface area contributed by atoms with Crippen molar-refractivity contribution >= 4 is 18.3 Å². The number of ether oxygens (including phenoxy) is 1. The highest BCUT2D eigenvalue weighted by molar-refractivity contribution is 5.93. The van der Waals surface area contributed by atoms with Gasteiger partial charge in [-0.1, -0.05) is 0 Å². The van der Waals surface area contributed by atoms with Crippen molar-refractivity contribution in [2.24, 2.45) is 5.92 Å². The number of pyridine rings is 1. The Hall–Kier alpha value is -1.40. The molecule has 3 aliphatic heterocycles. The molecular formula is C14H19ClFN3O2. The lowest BCUT2D eigenvalue weighted by atomic mass is 9.94. The number of nitrogens with one attached hydrogen (secondary N) is 1. The number of carbonyl (C=O) groups excluding carboxylic acids is 1. The molecular weight excluding hydrogens is 297 g/mol. The first kappa shape index (κ1) is 16.0.